The van der Waals surface area contributed by atoms with E-state index in [1.807, 2.05) is 6.07 Å². The molecule has 2 heterocycles. The van der Waals surface area contributed by atoms with Crippen LogP contribution in [0.1, 0.15) is 77.9 Å². The van der Waals surface area contributed by atoms with Crippen molar-refractivity contribution in [2.24, 2.45) is 17.8 Å². The average molecular weight is 495 g/mol. The largest absolute Gasteiger partial charge is 0.375 e. The molecule has 0 radical (unpaired) electrons. The van der Waals surface area contributed by atoms with Crippen molar-refractivity contribution in [1.82, 2.24) is 20.0 Å². The van der Waals surface area contributed by atoms with Gasteiger partial charge in [-0.25, -0.2) is 4.39 Å². The number of ether oxygens (including phenoxy) is 1. The van der Waals surface area contributed by atoms with E-state index in [0.29, 0.717) is 38.5 Å². The molecule has 7 rings (SSSR count). The molecule has 0 saturated heterocycles. The second-order valence-electron chi connectivity index (χ2n) is 11.4. The van der Waals surface area contributed by atoms with Gasteiger partial charge in [0.15, 0.2) is 5.69 Å². The lowest BCUT2D eigenvalue weighted by Gasteiger charge is -2.56. The van der Waals surface area contributed by atoms with Crippen molar-refractivity contribution in [1.29, 1.82) is 0 Å². The highest BCUT2D eigenvalue weighted by Gasteiger charge is 2.51. The Bertz CT molecular complexity index is 1110. The van der Waals surface area contributed by atoms with Crippen LogP contribution in [0.25, 0.3) is 0 Å². The summed E-state index contributed by atoms with van der Waals surface area (Å²) in [6.45, 7) is 2.64. The highest BCUT2D eigenvalue weighted by atomic mass is 19.1. The van der Waals surface area contributed by atoms with Crippen LogP contribution >= 0.6 is 0 Å². The SMILES string of the molecule is O=C(NCCCOC12CC3CC(CC(C3)C1)C2)c1cc2n(n1)CCCN(Cc1cccc(F)c1)C2=O. The first-order chi connectivity index (χ1) is 17.5. The Morgan fingerprint density at radius 2 is 1.86 bits per heavy atom. The van der Waals surface area contributed by atoms with E-state index >= 15 is 0 Å². The van der Waals surface area contributed by atoms with Crippen LogP contribution in [-0.4, -0.2) is 51.8 Å². The fourth-order valence-corrected chi connectivity index (χ4v) is 7.41. The molecule has 2 amide bonds. The van der Waals surface area contributed by atoms with Crippen LogP contribution in [-0.2, 0) is 17.8 Å². The van der Waals surface area contributed by atoms with Crippen molar-refractivity contribution in [3.8, 4) is 0 Å². The minimum absolute atomic E-state index is 0.0952. The van der Waals surface area contributed by atoms with Crippen LogP contribution in [0.4, 0.5) is 4.39 Å². The van der Waals surface area contributed by atoms with Gasteiger partial charge in [0.05, 0.1) is 5.60 Å². The van der Waals surface area contributed by atoms with E-state index in [-0.39, 0.29) is 28.9 Å². The van der Waals surface area contributed by atoms with Gasteiger partial charge in [-0.1, -0.05) is 12.1 Å². The summed E-state index contributed by atoms with van der Waals surface area (Å²) in [5.74, 6) is 1.81. The second kappa shape index (κ2) is 9.61. The predicted octanol–water partition coefficient (Wildman–Crippen LogP) is 4.17. The van der Waals surface area contributed by atoms with Crippen molar-refractivity contribution in [2.45, 2.75) is 70.1 Å². The first-order valence-corrected chi connectivity index (χ1v) is 13.5. The summed E-state index contributed by atoms with van der Waals surface area (Å²) in [6, 6.07) is 7.87. The third-order valence-corrected chi connectivity index (χ3v) is 8.58. The summed E-state index contributed by atoms with van der Waals surface area (Å²) in [4.78, 5) is 27.6. The Balaban J connectivity index is 1.01. The number of hydrogen-bond donors (Lipinski definition) is 1. The monoisotopic (exact) mass is 494 g/mol. The first kappa shape index (κ1) is 23.6. The fraction of sp³-hybridized carbons (Fsp3) is 0.607. The van der Waals surface area contributed by atoms with Crippen molar-refractivity contribution in [3.05, 3.63) is 53.1 Å². The van der Waals surface area contributed by atoms with E-state index in [2.05, 4.69) is 10.4 Å². The third-order valence-electron chi connectivity index (χ3n) is 8.58. The number of aryl methyl sites for hydroxylation is 1. The number of carbonyl (C=O) groups excluding carboxylic acids is 2. The lowest BCUT2D eigenvalue weighted by Crippen LogP contribution is -2.52. The highest BCUT2D eigenvalue weighted by molar-refractivity contribution is 5.98. The van der Waals surface area contributed by atoms with Gasteiger partial charge >= 0.3 is 0 Å². The van der Waals surface area contributed by atoms with Crippen LogP contribution in [0.3, 0.4) is 0 Å². The normalized spacial score (nSPS) is 28.8. The maximum Gasteiger partial charge on any atom is 0.272 e. The number of carbonyl (C=O) groups is 2. The van der Waals surface area contributed by atoms with Crippen molar-refractivity contribution >= 4 is 11.8 Å². The van der Waals surface area contributed by atoms with Crippen LogP contribution < -0.4 is 5.32 Å². The van der Waals surface area contributed by atoms with E-state index in [1.165, 1.54) is 50.7 Å². The molecule has 1 aliphatic heterocycles. The summed E-state index contributed by atoms with van der Waals surface area (Å²) in [7, 11) is 0. The fourth-order valence-electron chi connectivity index (χ4n) is 7.41. The first-order valence-electron chi connectivity index (χ1n) is 13.5. The molecule has 4 saturated carbocycles. The summed E-state index contributed by atoms with van der Waals surface area (Å²) in [5.41, 5.74) is 1.50. The molecule has 5 aliphatic rings. The average Bonchev–Trinajstić information content (AvgIpc) is 3.20. The molecule has 0 spiro atoms. The van der Waals surface area contributed by atoms with E-state index in [9.17, 15) is 14.0 Å². The topological polar surface area (TPSA) is 76.5 Å². The number of benzene rings is 1. The zero-order valence-electron chi connectivity index (χ0n) is 20.8. The number of fused-ring (bicyclic) bond motifs is 1. The maximum absolute atomic E-state index is 13.6. The number of halogens is 1. The Morgan fingerprint density at radius 3 is 2.58 bits per heavy atom. The van der Waals surface area contributed by atoms with Gasteiger partial charge < -0.3 is 15.0 Å². The molecular formula is C28H35FN4O3. The molecule has 7 nitrogen and oxygen atoms in total. The van der Waals surface area contributed by atoms with E-state index in [0.717, 1.165) is 36.2 Å². The van der Waals surface area contributed by atoms with Crippen LogP contribution in [0.15, 0.2) is 30.3 Å². The molecule has 1 aromatic carbocycles. The molecule has 1 aromatic heterocycles. The van der Waals surface area contributed by atoms with Crippen LogP contribution in [0, 0.1) is 23.6 Å². The Hall–Kier alpha value is -2.74. The molecule has 4 aliphatic carbocycles. The lowest BCUT2D eigenvalue weighted by atomic mass is 9.54. The molecule has 36 heavy (non-hydrogen) atoms. The molecule has 0 atom stereocenters. The van der Waals surface area contributed by atoms with E-state index in [4.69, 9.17) is 4.74 Å². The van der Waals surface area contributed by atoms with Gasteiger partial charge in [-0.3, -0.25) is 14.3 Å². The van der Waals surface area contributed by atoms with Crippen LogP contribution in [0.2, 0.25) is 0 Å². The van der Waals surface area contributed by atoms with Crippen molar-refractivity contribution < 1.29 is 18.7 Å². The lowest BCUT2D eigenvalue weighted by molar-refractivity contribution is -0.162. The zero-order valence-corrected chi connectivity index (χ0v) is 20.8. The molecular weight excluding hydrogens is 459 g/mol. The summed E-state index contributed by atoms with van der Waals surface area (Å²) in [6.07, 6.45) is 9.34. The summed E-state index contributed by atoms with van der Waals surface area (Å²) >= 11 is 0. The molecule has 1 N–H and O–H groups in total. The van der Waals surface area contributed by atoms with Crippen molar-refractivity contribution in [3.63, 3.8) is 0 Å². The number of nitrogens with one attached hydrogen (secondary N) is 1. The summed E-state index contributed by atoms with van der Waals surface area (Å²) in [5, 5.41) is 7.35. The molecule has 4 bridgehead atoms. The quantitative estimate of drug-likeness (QED) is 0.559. The number of amides is 2. The van der Waals surface area contributed by atoms with E-state index in [1.54, 1.807) is 21.7 Å². The smallest absolute Gasteiger partial charge is 0.272 e. The maximum atomic E-state index is 13.6. The number of hydrogen-bond acceptors (Lipinski definition) is 4. The molecule has 4 fully saturated rings. The van der Waals surface area contributed by atoms with Gasteiger partial charge in [0.2, 0.25) is 0 Å². The number of nitrogens with zero attached hydrogens (tertiary/aromatic N) is 3. The minimum Gasteiger partial charge on any atom is -0.375 e. The van der Waals surface area contributed by atoms with Gasteiger partial charge in [0.25, 0.3) is 11.8 Å². The summed E-state index contributed by atoms with van der Waals surface area (Å²) < 4.78 is 21.6. The Morgan fingerprint density at radius 1 is 1.11 bits per heavy atom. The second-order valence-corrected chi connectivity index (χ2v) is 11.4. The Kier molecular flexibility index (Phi) is 6.32. The van der Waals surface area contributed by atoms with Crippen molar-refractivity contribution in [2.75, 3.05) is 19.7 Å². The third kappa shape index (κ3) is 4.80. The van der Waals surface area contributed by atoms with Gasteiger partial charge in [-0.05, 0) is 86.8 Å². The Labute approximate surface area is 211 Å². The molecule has 192 valence electrons. The minimum atomic E-state index is -0.317. The molecule has 8 heteroatoms. The highest BCUT2D eigenvalue weighted by Crippen LogP contribution is 2.57. The standard InChI is InChI=1S/C28H35FN4O3/c29-23-5-1-4-19(13-23)18-32-7-3-8-33-25(27(32)35)14-24(31-33)26(34)30-6-2-9-36-28-15-20-10-21(16-28)12-22(11-20)17-28/h1,4-5,13-14,20-22H,2-3,6-12,15-18H2,(H,30,34). The predicted molar refractivity (Wildman–Crippen MR) is 132 cm³/mol. The van der Waals surface area contributed by atoms with E-state index < -0.39 is 0 Å². The molecule has 2 aromatic rings. The zero-order chi connectivity index (χ0) is 24.7. The van der Waals surface area contributed by atoms with Gasteiger partial charge in [-0.2, -0.15) is 5.10 Å². The van der Waals surface area contributed by atoms with Crippen LogP contribution in [0.5, 0.6) is 0 Å². The van der Waals surface area contributed by atoms with Gasteiger partial charge in [0.1, 0.15) is 11.5 Å². The van der Waals surface area contributed by atoms with Gasteiger partial charge in [-0.15, -0.1) is 0 Å². The number of aromatic nitrogens is 2. The molecule has 0 unspecified atom stereocenters. The number of rotatable bonds is 8. The van der Waals surface area contributed by atoms with Gasteiger partial charge in [0, 0.05) is 38.9 Å².